The predicted octanol–water partition coefficient (Wildman–Crippen LogP) is 2.66. The van der Waals surface area contributed by atoms with Crippen molar-refractivity contribution in [3.05, 3.63) is 41.4 Å². The molecule has 0 saturated carbocycles. The van der Waals surface area contributed by atoms with Crippen molar-refractivity contribution < 1.29 is 14.1 Å². The maximum atomic E-state index is 13.0. The summed E-state index contributed by atoms with van der Waals surface area (Å²) in [7, 11) is 0. The summed E-state index contributed by atoms with van der Waals surface area (Å²) in [5.74, 6) is 1.71. The number of rotatable bonds is 3. The van der Waals surface area contributed by atoms with Gasteiger partial charge in [0.25, 0.3) is 5.91 Å². The molecule has 5 rings (SSSR count). The molecule has 2 aromatic rings. The molecule has 32 heavy (non-hydrogen) atoms. The van der Waals surface area contributed by atoms with Crippen LogP contribution in [0.3, 0.4) is 0 Å². The summed E-state index contributed by atoms with van der Waals surface area (Å²) in [5, 5.41) is 3.94. The maximum Gasteiger partial charge on any atom is 0.259 e. The fourth-order valence-electron chi connectivity index (χ4n) is 5.58. The van der Waals surface area contributed by atoms with Gasteiger partial charge in [-0.2, -0.15) is 0 Å². The van der Waals surface area contributed by atoms with E-state index in [4.69, 9.17) is 9.26 Å². The third kappa shape index (κ3) is 4.13. The molecule has 5 heterocycles. The molecule has 3 aliphatic heterocycles. The molecule has 0 N–H and O–H groups in total. The fourth-order valence-corrected chi connectivity index (χ4v) is 5.58. The number of hydrogen-bond donors (Lipinski definition) is 0. The van der Waals surface area contributed by atoms with E-state index in [-0.39, 0.29) is 11.5 Å². The first kappa shape index (κ1) is 21.4. The highest BCUT2D eigenvalue weighted by Gasteiger charge is 2.43. The van der Waals surface area contributed by atoms with E-state index in [1.165, 1.54) is 0 Å². The summed E-state index contributed by atoms with van der Waals surface area (Å²) >= 11 is 0. The Morgan fingerprint density at radius 2 is 1.88 bits per heavy atom. The Morgan fingerprint density at radius 1 is 1.09 bits per heavy atom. The van der Waals surface area contributed by atoms with E-state index in [0.717, 1.165) is 77.4 Å². The second-order valence-electron chi connectivity index (χ2n) is 9.38. The van der Waals surface area contributed by atoms with Crippen molar-refractivity contribution in [1.29, 1.82) is 0 Å². The minimum atomic E-state index is -0.101. The summed E-state index contributed by atoms with van der Waals surface area (Å²) in [5.41, 5.74) is 1.19. The Bertz CT molecular complexity index is 911. The third-order valence-corrected chi connectivity index (χ3v) is 7.48. The molecule has 2 aromatic heterocycles. The van der Waals surface area contributed by atoms with E-state index in [9.17, 15) is 4.79 Å². The zero-order valence-corrected chi connectivity index (χ0v) is 19.1. The lowest BCUT2D eigenvalue weighted by molar-refractivity contribution is -0.130. The predicted molar refractivity (Wildman–Crippen MR) is 121 cm³/mol. The lowest BCUT2D eigenvalue weighted by Crippen LogP contribution is -2.57. The first-order valence-electron chi connectivity index (χ1n) is 11.8. The maximum absolute atomic E-state index is 13.0. The summed E-state index contributed by atoms with van der Waals surface area (Å²) < 4.78 is 11.6. The van der Waals surface area contributed by atoms with Gasteiger partial charge in [0.1, 0.15) is 17.1 Å². The van der Waals surface area contributed by atoms with Crippen LogP contribution >= 0.6 is 0 Å². The van der Waals surface area contributed by atoms with Crippen LogP contribution in [0, 0.1) is 13.8 Å². The van der Waals surface area contributed by atoms with Crippen molar-refractivity contribution in [3.8, 4) is 0 Å². The number of hydrogen-bond acceptors (Lipinski definition) is 7. The molecular weight excluding hydrogens is 406 g/mol. The molecule has 1 amide bonds. The van der Waals surface area contributed by atoms with Gasteiger partial charge in [0.2, 0.25) is 0 Å². The number of pyridine rings is 1. The number of likely N-dealkylation sites (tertiary alicyclic amines) is 1. The smallest absolute Gasteiger partial charge is 0.259 e. The quantitative estimate of drug-likeness (QED) is 0.728. The minimum absolute atomic E-state index is 0.0362. The highest BCUT2D eigenvalue weighted by atomic mass is 16.5. The van der Waals surface area contributed by atoms with Crippen LogP contribution in [0.25, 0.3) is 0 Å². The topological polar surface area (TPSA) is 74.9 Å². The summed E-state index contributed by atoms with van der Waals surface area (Å²) in [4.78, 5) is 24.5. The van der Waals surface area contributed by atoms with Crippen molar-refractivity contribution in [2.45, 2.75) is 51.2 Å². The summed E-state index contributed by atoms with van der Waals surface area (Å²) in [6, 6.07) is 6.67. The van der Waals surface area contributed by atoms with Gasteiger partial charge in [-0.3, -0.25) is 9.69 Å². The van der Waals surface area contributed by atoms with E-state index >= 15 is 0 Å². The van der Waals surface area contributed by atoms with Crippen molar-refractivity contribution in [1.82, 2.24) is 19.9 Å². The molecule has 0 aliphatic carbocycles. The fraction of sp³-hybridized carbons (Fsp3) is 0.625. The summed E-state index contributed by atoms with van der Waals surface area (Å²) in [6.45, 7) is 10.1. The van der Waals surface area contributed by atoms with E-state index in [1.54, 1.807) is 6.92 Å². The van der Waals surface area contributed by atoms with Gasteiger partial charge in [0, 0.05) is 58.1 Å². The number of aromatic nitrogens is 2. The number of piperazine rings is 1. The van der Waals surface area contributed by atoms with Crippen LogP contribution in [-0.2, 0) is 4.74 Å². The van der Waals surface area contributed by atoms with Crippen molar-refractivity contribution in [2.75, 3.05) is 50.8 Å². The van der Waals surface area contributed by atoms with Gasteiger partial charge in [-0.25, -0.2) is 4.98 Å². The second-order valence-corrected chi connectivity index (χ2v) is 9.38. The molecule has 1 unspecified atom stereocenters. The Balaban J connectivity index is 1.17. The lowest BCUT2D eigenvalue weighted by Gasteiger charge is -2.49. The highest BCUT2D eigenvalue weighted by Crippen LogP contribution is 2.37. The molecule has 8 nitrogen and oxygen atoms in total. The van der Waals surface area contributed by atoms with Gasteiger partial charge in [-0.1, -0.05) is 11.2 Å². The molecule has 3 saturated heterocycles. The van der Waals surface area contributed by atoms with Crippen LogP contribution in [0.1, 0.15) is 47.5 Å². The molecule has 3 fully saturated rings. The summed E-state index contributed by atoms with van der Waals surface area (Å²) in [6.07, 6.45) is 5.81. The van der Waals surface area contributed by atoms with Crippen LogP contribution in [-0.4, -0.2) is 83.4 Å². The van der Waals surface area contributed by atoms with Gasteiger partial charge < -0.3 is 19.1 Å². The molecule has 0 radical (unpaired) electrons. The zero-order valence-electron chi connectivity index (χ0n) is 19.1. The molecule has 172 valence electrons. The van der Waals surface area contributed by atoms with Crippen molar-refractivity contribution in [3.63, 3.8) is 0 Å². The van der Waals surface area contributed by atoms with E-state index in [2.05, 4.69) is 32.1 Å². The Labute approximate surface area is 189 Å². The molecule has 1 spiro atoms. The van der Waals surface area contributed by atoms with Crippen LogP contribution in [0.2, 0.25) is 0 Å². The van der Waals surface area contributed by atoms with Crippen molar-refractivity contribution >= 4 is 11.7 Å². The lowest BCUT2D eigenvalue weighted by atomic mass is 9.81. The number of piperidine rings is 1. The first-order valence-corrected chi connectivity index (χ1v) is 11.8. The van der Waals surface area contributed by atoms with Crippen LogP contribution < -0.4 is 4.90 Å². The van der Waals surface area contributed by atoms with Gasteiger partial charge in [-0.15, -0.1) is 0 Å². The number of amides is 1. The van der Waals surface area contributed by atoms with E-state index in [0.29, 0.717) is 23.1 Å². The number of ether oxygens (including phenoxy) is 1. The molecule has 0 aromatic carbocycles. The average Bonchev–Trinajstić information content (AvgIpc) is 3.17. The largest absolute Gasteiger partial charge is 0.375 e. The van der Waals surface area contributed by atoms with Gasteiger partial charge in [0.05, 0.1) is 11.3 Å². The number of nitrogens with zero attached hydrogens (tertiary/aromatic N) is 5. The van der Waals surface area contributed by atoms with Gasteiger partial charge in [-0.05, 0) is 51.7 Å². The number of carbonyl (C=O) groups excluding carboxylic acids is 1. The highest BCUT2D eigenvalue weighted by molar-refractivity contribution is 5.96. The SMILES string of the molecule is Cc1noc(C)c1C(=O)N1CCC2(CC1)CC(N1CCN(c3ccccn3)CC1)CCO2. The Morgan fingerprint density at radius 3 is 2.53 bits per heavy atom. The third-order valence-electron chi connectivity index (χ3n) is 7.48. The molecular formula is C24H33N5O3. The normalized spacial score (nSPS) is 24.1. The standard InChI is InChI=1S/C24H33N5O3/c1-18-22(19(2)32-26-18)23(30)29-10-7-24(8-11-29)17-20(6-16-31-24)27-12-14-28(15-13-27)21-5-3-4-9-25-21/h3-5,9,20H,6-8,10-17H2,1-2H3. The monoisotopic (exact) mass is 439 g/mol. The molecule has 3 aliphatic rings. The number of anilines is 1. The minimum Gasteiger partial charge on any atom is -0.375 e. The molecule has 1 atom stereocenters. The Hall–Kier alpha value is -2.45. The molecule has 8 heteroatoms. The Kier molecular flexibility index (Phi) is 5.90. The van der Waals surface area contributed by atoms with Gasteiger partial charge in [0.15, 0.2) is 0 Å². The first-order chi connectivity index (χ1) is 15.5. The van der Waals surface area contributed by atoms with E-state index in [1.807, 2.05) is 24.1 Å². The van der Waals surface area contributed by atoms with E-state index < -0.39 is 0 Å². The van der Waals surface area contributed by atoms with Gasteiger partial charge >= 0.3 is 0 Å². The number of aryl methyl sites for hydroxylation is 2. The van der Waals surface area contributed by atoms with Crippen molar-refractivity contribution in [2.24, 2.45) is 0 Å². The second kappa shape index (κ2) is 8.83. The van der Waals surface area contributed by atoms with Crippen LogP contribution in [0.5, 0.6) is 0 Å². The van der Waals surface area contributed by atoms with Crippen LogP contribution in [0.4, 0.5) is 5.82 Å². The zero-order chi connectivity index (χ0) is 22.1. The average molecular weight is 440 g/mol. The molecule has 0 bridgehead atoms. The van der Waals surface area contributed by atoms with Crippen LogP contribution in [0.15, 0.2) is 28.9 Å². The number of carbonyl (C=O) groups is 1.